The molecule has 3 N–H and O–H groups in total. The summed E-state index contributed by atoms with van der Waals surface area (Å²) in [5.41, 5.74) is 5.82. The molecule has 1 rings (SSSR count). The molecule has 20 heavy (non-hydrogen) atoms. The van der Waals surface area contributed by atoms with Crippen LogP contribution >= 0.6 is 0 Å². The molecule has 0 aliphatic rings. The van der Waals surface area contributed by atoms with Gasteiger partial charge in [-0.1, -0.05) is 24.6 Å². The van der Waals surface area contributed by atoms with E-state index in [-0.39, 0.29) is 11.7 Å². The molecule has 0 fully saturated rings. The lowest BCUT2D eigenvalue weighted by atomic mass is 10.0. The van der Waals surface area contributed by atoms with E-state index >= 15 is 0 Å². The molecule has 0 bridgehead atoms. The topological polar surface area (TPSA) is 58.4 Å². The van der Waals surface area contributed by atoms with Gasteiger partial charge in [0.05, 0.1) is 0 Å². The lowest BCUT2D eigenvalue weighted by Gasteiger charge is -2.24. The molecule has 1 amide bonds. The Bertz CT molecular complexity index is 423. The van der Waals surface area contributed by atoms with E-state index in [1.165, 1.54) is 6.07 Å². The fourth-order valence-electron chi connectivity index (χ4n) is 2.11. The quantitative estimate of drug-likeness (QED) is 0.713. The van der Waals surface area contributed by atoms with Crippen molar-refractivity contribution in [3.63, 3.8) is 0 Å². The summed E-state index contributed by atoms with van der Waals surface area (Å²) in [7, 11) is 3.54. The first-order valence-corrected chi connectivity index (χ1v) is 6.96. The van der Waals surface area contributed by atoms with Crippen LogP contribution < -0.4 is 11.1 Å². The molecule has 112 valence electrons. The minimum Gasteiger partial charge on any atom is -0.354 e. The van der Waals surface area contributed by atoms with Crippen molar-refractivity contribution in [1.29, 1.82) is 0 Å². The molecule has 0 spiro atoms. The van der Waals surface area contributed by atoms with E-state index in [1.54, 1.807) is 37.2 Å². The van der Waals surface area contributed by atoms with Crippen molar-refractivity contribution in [2.24, 2.45) is 5.73 Å². The van der Waals surface area contributed by atoms with Gasteiger partial charge in [0, 0.05) is 12.1 Å². The third-order valence-electron chi connectivity index (χ3n) is 3.14. The van der Waals surface area contributed by atoms with Crippen molar-refractivity contribution < 1.29 is 9.18 Å². The van der Waals surface area contributed by atoms with Crippen molar-refractivity contribution in [2.45, 2.75) is 25.3 Å². The normalized spacial score (nSPS) is 12.4. The Hall–Kier alpha value is -1.46. The maximum atomic E-state index is 13.8. The fourth-order valence-corrected chi connectivity index (χ4v) is 2.11. The van der Waals surface area contributed by atoms with Crippen LogP contribution in [0.2, 0.25) is 0 Å². The molecule has 0 saturated heterocycles. The summed E-state index contributed by atoms with van der Waals surface area (Å²) in [6.45, 7) is 1.27. The Morgan fingerprint density at radius 2 is 2.00 bits per heavy atom. The van der Waals surface area contributed by atoms with E-state index in [2.05, 4.69) is 5.32 Å². The van der Waals surface area contributed by atoms with E-state index in [1.807, 2.05) is 0 Å². The Morgan fingerprint density at radius 1 is 1.30 bits per heavy atom. The highest BCUT2D eigenvalue weighted by Gasteiger charge is 2.24. The van der Waals surface area contributed by atoms with Gasteiger partial charge in [0.15, 0.2) is 0 Å². The number of benzene rings is 1. The third kappa shape index (κ3) is 4.90. The minimum absolute atomic E-state index is 0.173. The smallest absolute Gasteiger partial charge is 0.242 e. The molecule has 1 aromatic carbocycles. The van der Waals surface area contributed by atoms with Crippen LogP contribution in [0.1, 0.15) is 30.9 Å². The highest BCUT2D eigenvalue weighted by atomic mass is 19.1. The van der Waals surface area contributed by atoms with Crippen LogP contribution in [0.4, 0.5) is 4.39 Å². The summed E-state index contributed by atoms with van der Waals surface area (Å²) < 4.78 is 13.8. The van der Waals surface area contributed by atoms with E-state index in [9.17, 15) is 9.18 Å². The third-order valence-corrected chi connectivity index (χ3v) is 3.14. The maximum Gasteiger partial charge on any atom is 0.242 e. The molecular weight excluding hydrogens is 257 g/mol. The molecule has 1 aromatic rings. The van der Waals surface area contributed by atoms with Crippen molar-refractivity contribution in [3.05, 3.63) is 35.6 Å². The van der Waals surface area contributed by atoms with Gasteiger partial charge < -0.3 is 11.1 Å². The Morgan fingerprint density at radius 3 is 2.60 bits per heavy atom. The number of hydrogen-bond acceptors (Lipinski definition) is 3. The predicted octanol–water partition coefficient (Wildman–Crippen LogP) is 1.67. The highest BCUT2D eigenvalue weighted by Crippen LogP contribution is 2.21. The lowest BCUT2D eigenvalue weighted by Crippen LogP contribution is -2.38. The number of likely N-dealkylation sites (N-methyl/N-ethyl adjacent to an activating group) is 1. The van der Waals surface area contributed by atoms with E-state index in [4.69, 9.17) is 5.73 Å². The maximum absolute atomic E-state index is 13.8. The Labute approximate surface area is 120 Å². The summed E-state index contributed by atoms with van der Waals surface area (Å²) in [6.07, 6.45) is 2.84. The zero-order valence-corrected chi connectivity index (χ0v) is 12.2. The van der Waals surface area contributed by atoms with E-state index in [0.717, 1.165) is 19.3 Å². The number of nitrogens with zero attached hydrogens (tertiary/aromatic N) is 1. The monoisotopic (exact) mass is 281 g/mol. The van der Waals surface area contributed by atoms with Gasteiger partial charge >= 0.3 is 0 Å². The van der Waals surface area contributed by atoms with Crippen LogP contribution in [0.3, 0.4) is 0 Å². The molecule has 0 saturated carbocycles. The predicted molar refractivity (Wildman–Crippen MR) is 78.7 cm³/mol. The number of hydrogen-bond donors (Lipinski definition) is 2. The van der Waals surface area contributed by atoms with Gasteiger partial charge in [-0.2, -0.15) is 0 Å². The van der Waals surface area contributed by atoms with Crippen LogP contribution in [-0.2, 0) is 4.79 Å². The van der Waals surface area contributed by atoms with Crippen LogP contribution in [-0.4, -0.2) is 38.0 Å². The summed E-state index contributed by atoms with van der Waals surface area (Å²) >= 11 is 0. The average Bonchev–Trinajstić information content (AvgIpc) is 2.40. The van der Waals surface area contributed by atoms with Crippen molar-refractivity contribution in [2.75, 3.05) is 27.2 Å². The van der Waals surface area contributed by atoms with E-state index in [0.29, 0.717) is 18.7 Å². The number of carbonyl (C=O) groups is 1. The second-order valence-electron chi connectivity index (χ2n) is 5.03. The molecule has 0 heterocycles. The first-order valence-electron chi connectivity index (χ1n) is 6.96. The van der Waals surface area contributed by atoms with Gasteiger partial charge in [0.25, 0.3) is 0 Å². The molecule has 0 aromatic heterocycles. The largest absolute Gasteiger partial charge is 0.354 e. The highest BCUT2D eigenvalue weighted by molar-refractivity contribution is 5.83. The number of carbonyl (C=O) groups excluding carboxylic acids is 1. The Kier molecular flexibility index (Phi) is 7.18. The van der Waals surface area contributed by atoms with Crippen LogP contribution in [0.25, 0.3) is 0 Å². The number of halogens is 1. The molecule has 1 atom stereocenters. The number of rotatable bonds is 8. The lowest BCUT2D eigenvalue weighted by molar-refractivity contribution is -0.125. The number of nitrogens with two attached hydrogens (primary N) is 1. The standard InChI is InChI=1S/C15H24FN3O/c1-19(2)14(12-8-4-5-9-13(12)16)15(20)18-11-7-3-6-10-17/h4-5,8-9,14H,3,6-7,10-11,17H2,1-2H3,(H,18,20). The van der Waals surface area contributed by atoms with Crippen molar-refractivity contribution in [3.8, 4) is 0 Å². The van der Waals surface area contributed by atoms with Gasteiger partial charge in [-0.05, 0) is 39.5 Å². The summed E-state index contributed by atoms with van der Waals surface area (Å²) in [6, 6.07) is 5.78. The van der Waals surface area contributed by atoms with Crippen molar-refractivity contribution in [1.82, 2.24) is 10.2 Å². The first kappa shape index (κ1) is 16.6. The summed E-state index contributed by atoms with van der Waals surface area (Å²) in [5.74, 6) is -0.530. The fraction of sp³-hybridized carbons (Fsp3) is 0.533. The number of amides is 1. The minimum atomic E-state index is -0.606. The molecule has 1 unspecified atom stereocenters. The number of unbranched alkanes of at least 4 members (excludes halogenated alkanes) is 2. The molecule has 0 aliphatic heterocycles. The summed E-state index contributed by atoms with van der Waals surface area (Å²) in [5, 5.41) is 2.86. The first-order chi connectivity index (χ1) is 9.57. The zero-order chi connectivity index (χ0) is 15.0. The molecule has 0 aliphatic carbocycles. The second-order valence-corrected chi connectivity index (χ2v) is 5.03. The zero-order valence-electron chi connectivity index (χ0n) is 12.2. The molecule has 5 heteroatoms. The molecule has 4 nitrogen and oxygen atoms in total. The Balaban J connectivity index is 2.63. The van der Waals surface area contributed by atoms with E-state index < -0.39 is 6.04 Å². The number of nitrogens with one attached hydrogen (secondary N) is 1. The van der Waals surface area contributed by atoms with Gasteiger partial charge in [-0.3, -0.25) is 9.69 Å². The van der Waals surface area contributed by atoms with Crippen LogP contribution in [0.5, 0.6) is 0 Å². The second kappa shape index (κ2) is 8.66. The molecular formula is C15H24FN3O. The SMILES string of the molecule is CN(C)C(C(=O)NCCCCCN)c1ccccc1F. The van der Waals surface area contributed by atoms with Gasteiger partial charge in [0.2, 0.25) is 5.91 Å². The van der Waals surface area contributed by atoms with Gasteiger partial charge in [0.1, 0.15) is 11.9 Å². The summed E-state index contributed by atoms with van der Waals surface area (Å²) in [4.78, 5) is 13.9. The van der Waals surface area contributed by atoms with Gasteiger partial charge in [-0.15, -0.1) is 0 Å². The van der Waals surface area contributed by atoms with Crippen molar-refractivity contribution >= 4 is 5.91 Å². The van der Waals surface area contributed by atoms with Gasteiger partial charge in [-0.25, -0.2) is 4.39 Å². The molecule has 0 radical (unpaired) electrons. The van der Waals surface area contributed by atoms with Crippen LogP contribution in [0.15, 0.2) is 24.3 Å². The average molecular weight is 281 g/mol. The van der Waals surface area contributed by atoms with Crippen LogP contribution in [0, 0.1) is 5.82 Å².